The lowest BCUT2D eigenvalue weighted by molar-refractivity contribution is -0.113. The van der Waals surface area contributed by atoms with Gasteiger partial charge in [0.2, 0.25) is 5.91 Å². The molecular weight excluding hydrogens is 416 g/mol. The molecule has 0 saturated heterocycles. The zero-order valence-corrected chi connectivity index (χ0v) is 17.1. The van der Waals surface area contributed by atoms with E-state index in [0.29, 0.717) is 10.2 Å². The fourth-order valence-corrected chi connectivity index (χ4v) is 5.52. The van der Waals surface area contributed by atoms with Crippen molar-refractivity contribution in [1.82, 2.24) is 15.2 Å². The zero-order chi connectivity index (χ0) is 17.6. The van der Waals surface area contributed by atoms with Crippen molar-refractivity contribution in [3.63, 3.8) is 0 Å². The molecule has 0 atom stereocenters. The van der Waals surface area contributed by atoms with Gasteiger partial charge in [-0.1, -0.05) is 71.6 Å². The summed E-state index contributed by atoms with van der Waals surface area (Å²) in [6, 6.07) is 7.50. The van der Waals surface area contributed by atoms with E-state index >= 15 is 0 Å². The summed E-state index contributed by atoms with van der Waals surface area (Å²) < 4.78 is 1.72. The number of aromatic nitrogens is 3. The standard InChI is InChI=1S/C15H13ClN4OS4/c1-2-22-14-19-20-15(25-14)24-8-12(21)18-13-17-11(7-23-13)9-5-3-4-6-10(9)16/h3-7H,2,8H2,1H3,(H,17,18,21). The second kappa shape index (κ2) is 9.00. The maximum Gasteiger partial charge on any atom is 0.236 e. The first-order valence-electron chi connectivity index (χ1n) is 7.25. The molecule has 1 aromatic carbocycles. The van der Waals surface area contributed by atoms with Crippen molar-refractivity contribution < 1.29 is 4.79 Å². The van der Waals surface area contributed by atoms with Gasteiger partial charge in [-0.25, -0.2) is 4.98 Å². The number of benzene rings is 1. The Morgan fingerprint density at radius 3 is 2.76 bits per heavy atom. The van der Waals surface area contributed by atoms with Crippen LogP contribution >= 0.6 is 57.8 Å². The quantitative estimate of drug-likeness (QED) is 0.524. The van der Waals surface area contributed by atoms with Crippen molar-refractivity contribution in [2.24, 2.45) is 0 Å². The van der Waals surface area contributed by atoms with Crippen molar-refractivity contribution in [2.75, 3.05) is 16.8 Å². The number of thioether (sulfide) groups is 2. The first-order chi connectivity index (χ1) is 12.2. The number of carbonyl (C=O) groups is 1. The summed E-state index contributed by atoms with van der Waals surface area (Å²) in [6.07, 6.45) is 0. The zero-order valence-electron chi connectivity index (χ0n) is 13.1. The van der Waals surface area contributed by atoms with Gasteiger partial charge < -0.3 is 5.32 Å². The molecule has 0 aliphatic carbocycles. The molecule has 0 unspecified atom stereocenters. The molecular formula is C15H13ClN4OS4. The van der Waals surface area contributed by atoms with Gasteiger partial charge in [0.1, 0.15) is 0 Å². The van der Waals surface area contributed by atoms with E-state index < -0.39 is 0 Å². The molecule has 3 aromatic rings. The minimum atomic E-state index is -0.120. The van der Waals surface area contributed by atoms with Crippen LogP contribution in [0.25, 0.3) is 11.3 Å². The Kier molecular flexibility index (Phi) is 6.71. The summed E-state index contributed by atoms with van der Waals surface area (Å²) in [5.41, 5.74) is 1.61. The number of halogens is 1. The number of thiazole rings is 1. The highest BCUT2D eigenvalue weighted by atomic mass is 35.5. The summed E-state index contributed by atoms with van der Waals surface area (Å²) >= 11 is 12.1. The van der Waals surface area contributed by atoms with E-state index in [9.17, 15) is 4.79 Å². The fourth-order valence-electron chi connectivity index (χ4n) is 1.84. The van der Waals surface area contributed by atoms with Gasteiger partial charge in [0, 0.05) is 16.0 Å². The lowest BCUT2D eigenvalue weighted by atomic mass is 10.2. The topological polar surface area (TPSA) is 67.8 Å². The first-order valence-corrected chi connectivity index (χ1v) is 11.3. The van der Waals surface area contributed by atoms with Gasteiger partial charge in [-0.15, -0.1) is 21.5 Å². The van der Waals surface area contributed by atoms with Crippen molar-refractivity contribution >= 4 is 68.8 Å². The molecule has 1 amide bonds. The molecule has 25 heavy (non-hydrogen) atoms. The summed E-state index contributed by atoms with van der Waals surface area (Å²) in [6.45, 7) is 2.07. The largest absolute Gasteiger partial charge is 0.301 e. The average molecular weight is 429 g/mol. The van der Waals surface area contributed by atoms with Gasteiger partial charge in [-0.3, -0.25) is 4.79 Å². The van der Waals surface area contributed by atoms with E-state index in [0.717, 1.165) is 25.7 Å². The molecule has 0 saturated carbocycles. The van der Waals surface area contributed by atoms with Crippen LogP contribution in [0.5, 0.6) is 0 Å². The van der Waals surface area contributed by atoms with Gasteiger partial charge in [-0.2, -0.15) is 0 Å². The first kappa shape index (κ1) is 18.7. The molecule has 0 aliphatic heterocycles. The van der Waals surface area contributed by atoms with E-state index in [1.54, 1.807) is 11.8 Å². The maximum absolute atomic E-state index is 12.1. The highest BCUT2D eigenvalue weighted by Gasteiger charge is 2.12. The number of hydrogen-bond donors (Lipinski definition) is 1. The molecule has 2 heterocycles. The third kappa shape index (κ3) is 5.18. The molecule has 0 aliphatic rings. The van der Waals surface area contributed by atoms with Crippen LogP contribution in [0.1, 0.15) is 6.92 Å². The summed E-state index contributed by atoms with van der Waals surface area (Å²) in [4.78, 5) is 16.5. The molecule has 0 radical (unpaired) electrons. The van der Waals surface area contributed by atoms with Crippen LogP contribution in [0.4, 0.5) is 5.13 Å². The van der Waals surface area contributed by atoms with Crippen LogP contribution in [0, 0.1) is 0 Å². The predicted molar refractivity (Wildman–Crippen MR) is 108 cm³/mol. The highest BCUT2D eigenvalue weighted by molar-refractivity contribution is 8.03. The number of anilines is 1. The summed E-state index contributed by atoms with van der Waals surface area (Å²) in [5.74, 6) is 1.11. The SMILES string of the molecule is CCSc1nnc(SCC(=O)Nc2nc(-c3ccccc3Cl)cs2)s1. The van der Waals surface area contributed by atoms with E-state index in [1.165, 1.54) is 34.4 Å². The Morgan fingerprint density at radius 1 is 1.24 bits per heavy atom. The second-order valence-corrected chi connectivity index (χ2v) is 9.60. The number of rotatable bonds is 7. The lowest BCUT2D eigenvalue weighted by Crippen LogP contribution is -2.13. The van der Waals surface area contributed by atoms with E-state index in [-0.39, 0.29) is 11.7 Å². The van der Waals surface area contributed by atoms with E-state index in [2.05, 4.69) is 27.4 Å². The molecule has 0 fully saturated rings. The van der Waals surface area contributed by atoms with Crippen LogP contribution in [0.3, 0.4) is 0 Å². The molecule has 10 heteroatoms. The number of nitrogens with one attached hydrogen (secondary N) is 1. The second-order valence-electron chi connectivity index (χ2n) is 4.62. The van der Waals surface area contributed by atoms with E-state index in [4.69, 9.17) is 11.6 Å². The predicted octanol–water partition coefficient (Wildman–Crippen LogP) is 5.16. The summed E-state index contributed by atoms with van der Waals surface area (Å²) in [7, 11) is 0. The summed E-state index contributed by atoms with van der Waals surface area (Å²) in [5, 5.41) is 14.0. The lowest BCUT2D eigenvalue weighted by Gasteiger charge is -2.00. The van der Waals surface area contributed by atoms with Crippen molar-refractivity contribution in [2.45, 2.75) is 15.6 Å². The number of amides is 1. The third-order valence-corrected chi connectivity index (χ3v) is 7.04. The van der Waals surface area contributed by atoms with Gasteiger partial charge in [0.05, 0.1) is 11.4 Å². The minimum Gasteiger partial charge on any atom is -0.301 e. The average Bonchev–Trinajstić information content (AvgIpc) is 3.23. The molecule has 0 bridgehead atoms. The molecule has 0 spiro atoms. The maximum atomic E-state index is 12.1. The number of hydrogen-bond acceptors (Lipinski definition) is 8. The Hall–Kier alpha value is -1.13. The normalized spacial score (nSPS) is 10.8. The monoisotopic (exact) mass is 428 g/mol. The smallest absolute Gasteiger partial charge is 0.236 e. The Balaban J connectivity index is 1.55. The molecule has 130 valence electrons. The fraction of sp³-hybridized carbons (Fsp3) is 0.200. The Morgan fingerprint density at radius 2 is 2.00 bits per heavy atom. The van der Waals surface area contributed by atoms with Crippen LogP contribution in [0.15, 0.2) is 38.3 Å². The van der Waals surface area contributed by atoms with Crippen LogP contribution in [-0.2, 0) is 4.79 Å². The molecule has 1 N–H and O–H groups in total. The van der Waals surface area contributed by atoms with Crippen LogP contribution < -0.4 is 5.32 Å². The molecule has 5 nitrogen and oxygen atoms in total. The van der Waals surface area contributed by atoms with E-state index in [1.807, 2.05) is 29.6 Å². The Labute approximate surface area is 166 Å². The van der Waals surface area contributed by atoms with Crippen molar-refractivity contribution in [1.29, 1.82) is 0 Å². The molecule has 2 aromatic heterocycles. The van der Waals surface area contributed by atoms with Gasteiger partial charge in [0.25, 0.3) is 0 Å². The highest BCUT2D eigenvalue weighted by Crippen LogP contribution is 2.31. The third-order valence-electron chi connectivity index (χ3n) is 2.88. The minimum absolute atomic E-state index is 0.120. The van der Waals surface area contributed by atoms with Crippen LogP contribution in [0.2, 0.25) is 5.02 Å². The van der Waals surface area contributed by atoms with Gasteiger partial charge >= 0.3 is 0 Å². The van der Waals surface area contributed by atoms with Crippen molar-refractivity contribution in [3.8, 4) is 11.3 Å². The Bertz CT molecular complexity index is 867. The molecule has 3 rings (SSSR count). The van der Waals surface area contributed by atoms with Crippen LogP contribution in [-0.4, -0.2) is 32.6 Å². The van der Waals surface area contributed by atoms with Gasteiger partial charge in [-0.05, 0) is 11.8 Å². The van der Waals surface area contributed by atoms with Gasteiger partial charge in [0.15, 0.2) is 13.8 Å². The number of nitrogens with zero attached hydrogens (tertiary/aromatic N) is 3. The number of carbonyl (C=O) groups excluding carboxylic acids is 1. The van der Waals surface area contributed by atoms with Crippen molar-refractivity contribution in [3.05, 3.63) is 34.7 Å².